The van der Waals surface area contributed by atoms with Crippen molar-refractivity contribution < 1.29 is 9.53 Å². The number of urea groups is 1. The molecule has 1 saturated heterocycles. The first-order valence-corrected chi connectivity index (χ1v) is 12.3. The first-order chi connectivity index (χ1) is 16.2. The molecule has 1 aliphatic heterocycles. The number of carbonyl (C=O) groups excluding carboxylic acids is 1. The summed E-state index contributed by atoms with van der Waals surface area (Å²) in [6.07, 6.45) is 5.00. The third kappa shape index (κ3) is 5.10. The lowest BCUT2D eigenvalue weighted by Crippen LogP contribution is -2.41. The van der Waals surface area contributed by atoms with Gasteiger partial charge in [-0.3, -0.25) is 4.40 Å². The summed E-state index contributed by atoms with van der Waals surface area (Å²) in [5, 5.41) is 5.19. The number of imidazole rings is 1. The predicted octanol–water partition coefficient (Wildman–Crippen LogP) is 5.63. The molecule has 2 aromatic heterocycles. The standard InChI is InChI=1S/C26H28N4O2S/c1-19-9-11-21(12-10-19)27-25(31)29(16-23-8-5-15-32-23)14-13-22-18-33-26-28-24(17-30(22)26)20-6-3-2-4-7-20/h2-4,6-7,9-12,17-18,23H,5,8,13-16H2,1H3,(H,27,31). The van der Waals surface area contributed by atoms with Crippen molar-refractivity contribution in [3.05, 3.63) is 77.4 Å². The molecule has 33 heavy (non-hydrogen) atoms. The molecule has 4 aromatic rings. The second-order valence-corrected chi connectivity index (χ2v) is 9.34. The Bertz CT molecular complexity index is 1210. The minimum Gasteiger partial charge on any atom is -0.376 e. The van der Waals surface area contributed by atoms with Crippen LogP contribution >= 0.6 is 11.3 Å². The summed E-state index contributed by atoms with van der Waals surface area (Å²) in [4.78, 5) is 20.8. The first kappa shape index (κ1) is 21.7. The molecule has 1 aliphatic rings. The highest BCUT2D eigenvalue weighted by molar-refractivity contribution is 7.15. The average molecular weight is 461 g/mol. The van der Waals surface area contributed by atoms with Crippen LogP contribution in [0.4, 0.5) is 10.5 Å². The molecule has 1 unspecified atom stereocenters. The van der Waals surface area contributed by atoms with Crippen molar-refractivity contribution in [2.75, 3.05) is 25.0 Å². The van der Waals surface area contributed by atoms with E-state index in [1.54, 1.807) is 11.3 Å². The number of rotatable bonds is 7. The van der Waals surface area contributed by atoms with Gasteiger partial charge >= 0.3 is 6.03 Å². The Morgan fingerprint density at radius 3 is 2.79 bits per heavy atom. The normalized spacial score (nSPS) is 15.7. The summed E-state index contributed by atoms with van der Waals surface area (Å²) in [5.41, 5.74) is 5.21. The number of nitrogens with one attached hydrogen (secondary N) is 1. The summed E-state index contributed by atoms with van der Waals surface area (Å²) in [6.45, 7) is 4.03. The molecule has 0 radical (unpaired) electrons. The van der Waals surface area contributed by atoms with Crippen molar-refractivity contribution in [3.8, 4) is 11.3 Å². The fraction of sp³-hybridized carbons (Fsp3) is 0.308. The lowest BCUT2D eigenvalue weighted by Gasteiger charge is -2.25. The zero-order chi connectivity index (χ0) is 22.6. The van der Waals surface area contributed by atoms with Crippen LogP contribution in [0.3, 0.4) is 0 Å². The Morgan fingerprint density at radius 1 is 1.21 bits per heavy atom. The molecule has 0 bridgehead atoms. The quantitative estimate of drug-likeness (QED) is 0.389. The molecule has 5 rings (SSSR count). The number of ether oxygens (including phenoxy) is 1. The van der Waals surface area contributed by atoms with Gasteiger partial charge < -0.3 is 15.0 Å². The number of amides is 2. The van der Waals surface area contributed by atoms with Crippen LogP contribution in [0.2, 0.25) is 0 Å². The van der Waals surface area contributed by atoms with Gasteiger partial charge in [-0.2, -0.15) is 0 Å². The smallest absolute Gasteiger partial charge is 0.321 e. The van der Waals surface area contributed by atoms with Crippen molar-refractivity contribution >= 4 is 28.0 Å². The van der Waals surface area contributed by atoms with Gasteiger partial charge in [-0.1, -0.05) is 48.0 Å². The minimum atomic E-state index is -0.0866. The summed E-state index contributed by atoms with van der Waals surface area (Å²) >= 11 is 1.63. The summed E-state index contributed by atoms with van der Waals surface area (Å²) in [7, 11) is 0. The number of carbonyl (C=O) groups is 1. The lowest BCUT2D eigenvalue weighted by atomic mass is 10.2. The molecule has 0 saturated carbocycles. The molecule has 6 nitrogen and oxygen atoms in total. The molecule has 1 fully saturated rings. The van der Waals surface area contributed by atoms with E-state index in [0.29, 0.717) is 13.1 Å². The van der Waals surface area contributed by atoms with Crippen LogP contribution in [-0.4, -0.2) is 46.1 Å². The highest BCUT2D eigenvalue weighted by atomic mass is 32.1. The number of fused-ring (bicyclic) bond motifs is 1. The van der Waals surface area contributed by atoms with E-state index < -0.39 is 0 Å². The molecule has 2 aromatic carbocycles. The van der Waals surface area contributed by atoms with Crippen LogP contribution in [0.1, 0.15) is 24.1 Å². The van der Waals surface area contributed by atoms with Crippen molar-refractivity contribution in [2.24, 2.45) is 0 Å². The van der Waals surface area contributed by atoms with Crippen LogP contribution in [0, 0.1) is 6.92 Å². The van der Waals surface area contributed by atoms with E-state index in [2.05, 4.69) is 33.4 Å². The molecule has 3 heterocycles. The van der Waals surface area contributed by atoms with Gasteiger partial charge in [-0.25, -0.2) is 9.78 Å². The van der Waals surface area contributed by atoms with Crippen molar-refractivity contribution in [3.63, 3.8) is 0 Å². The van der Waals surface area contributed by atoms with Crippen LogP contribution in [-0.2, 0) is 11.2 Å². The van der Waals surface area contributed by atoms with Gasteiger partial charge in [0.05, 0.1) is 11.8 Å². The minimum absolute atomic E-state index is 0.0866. The van der Waals surface area contributed by atoms with Crippen molar-refractivity contribution in [1.82, 2.24) is 14.3 Å². The lowest BCUT2D eigenvalue weighted by molar-refractivity contribution is 0.0838. The molecular formula is C26H28N4O2S. The van der Waals surface area contributed by atoms with Gasteiger partial charge in [-0.15, -0.1) is 11.3 Å². The summed E-state index contributed by atoms with van der Waals surface area (Å²) in [6, 6.07) is 18.0. The predicted molar refractivity (Wildman–Crippen MR) is 133 cm³/mol. The van der Waals surface area contributed by atoms with Gasteiger partial charge in [0, 0.05) is 54.6 Å². The van der Waals surface area contributed by atoms with Gasteiger partial charge in [0.2, 0.25) is 0 Å². The maximum atomic E-state index is 13.1. The average Bonchev–Trinajstić information content (AvgIpc) is 3.57. The van der Waals surface area contributed by atoms with Gasteiger partial charge in [0.1, 0.15) is 0 Å². The Hall–Kier alpha value is -3.16. The molecule has 7 heteroatoms. The maximum Gasteiger partial charge on any atom is 0.321 e. The number of hydrogen-bond acceptors (Lipinski definition) is 4. The second-order valence-electron chi connectivity index (χ2n) is 8.50. The van der Waals surface area contributed by atoms with E-state index in [4.69, 9.17) is 9.72 Å². The molecule has 1 N–H and O–H groups in total. The largest absolute Gasteiger partial charge is 0.376 e. The first-order valence-electron chi connectivity index (χ1n) is 11.4. The Kier molecular flexibility index (Phi) is 6.41. The van der Waals surface area contributed by atoms with Crippen molar-refractivity contribution in [1.29, 1.82) is 0 Å². The molecular weight excluding hydrogens is 432 g/mol. The maximum absolute atomic E-state index is 13.1. The number of nitrogens with zero attached hydrogens (tertiary/aromatic N) is 3. The van der Waals surface area contributed by atoms with E-state index in [0.717, 1.165) is 53.5 Å². The number of benzene rings is 2. The highest BCUT2D eigenvalue weighted by Crippen LogP contribution is 2.24. The second kappa shape index (κ2) is 9.77. The van der Waals surface area contributed by atoms with E-state index in [1.807, 2.05) is 54.3 Å². The zero-order valence-electron chi connectivity index (χ0n) is 18.7. The number of anilines is 1. The number of aromatic nitrogens is 2. The number of thiazole rings is 1. The zero-order valence-corrected chi connectivity index (χ0v) is 19.6. The Balaban J connectivity index is 1.31. The Labute approximate surface area is 197 Å². The van der Waals surface area contributed by atoms with Crippen LogP contribution in [0.15, 0.2) is 66.2 Å². The number of hydrogen-bond donors (Lipinski definition) is 1. The van der Waals surface area contributed by atoms with Gasteiger partial charge in [0.15, 0.2) is 4.96 Å². The van der Waals surface area contributed by atoms with Gasteiger partial charge in [-0.05, 0) is 31.9 Å². The third-order valence-corrected chi connectivity index (χ3v) is 6.92. The summed E-state index contributed by atoms with van der Waals surface area (Å²) < 4.78 is 7.97. The highest BCUT2D eigenvalue weighted by Gasteiger charge is 2.23. The molecule has 0 aliphatic carbocycles. The van der Waals surface area contributed by atoms with E-state index >= 15 is 0 Å². The molecule has 170 valence electrons. The van der Waals surface area contributed by atoms with Crippen LogP contribution in [0.25, 0.3) is 16.2 Å². The topological polar surface area (TPSA) is 58.9 Å². The van der Waals surface area contributed by atoms with Crippen molar-refractivity contribution in [2.45, 2.75) is 32.3 Å². The molecule has 1 atom stereocenters. The SMILES string of the molecule is Cc1ccc(NC(=O)N(CCc2csc3nc(-c4ccccc4)cn23)CC2CCCO2)cc1. The summed E-state index contributed by atoms with van der Waals surface area (Å²) in [5.74, 6) is 0. The van der Waals surface area contributed by atoms with Crippen LogP contribution in [0.5, 0.6) is 0 Å². The van der Waals surface area contributed by atoms with E-state index in [-0.39, 0.29) is 12.1 Å². The number of aryl methyl sites for hydroxylation is 1. The molecule has 0 spiro atoms. The monoisotopic (exact) mass is 460 g/mol. The molecule has 2 amide bonds. The fourth-order valence-corrected chi connectivity index (χ4v) is 5.06. The third-order valence-electron chi connectivity index (χ3n) is 6.03. The van der Waals surface area contributed by atoms with E-state index in [1.165, 1.54) is 5.56 Å². The Morgan fingerprint density at radius 2 is 2.03 bits per heavy atom. The van der Waals surface area contributed by atoms with Gasteiger partial charge in [0.25, 0.3) is 0 Å². The fourth-order valence-electron chi connectivity index (χ4n) is 4.16. The van der Waals surface area contributed by atoms with Crippen LogP contribution < -0.4 is 5.32 Å². The van der Waals surface area contributed by atoms with E-state index in [9.17, 15) is 4.79 Å².